The van der Waals surface area contributed by atoms with Gasteiger partial charge in [-0.25, -0.2) is 0 Å². The Morgan fingerprint density at radius 2 is 2.00 bits per heavy atom. The van der Waals surface area contributed by atoms with E-state index in [2.05, 4.69) is 20.1 Å². The fourth-order valence-electron chi connectivity index (χ4n) is 0.765. The van der Waals surface area contributed by atoms with Crippen LogP contribution in [0.1, 0.15) is 13.3 Å². The average molecular weight is 138 g/mol. The van der Waals surface area contributed by atoms with Gasteiger partial charge < -0.3 is 4.74 Å². The van der Waals surface area contributed by atoms with Crippen molar-refractivity contribution in [2.45, 2.75) is 13.3 Å². The van der Waals surface area contributed by atoms with Crippen molar-refractivity contribution in [3.05, 3.63) is 36.6 Å². The lowest BCUT2D eigenvalue weighted by molar-refractivity contribution is 0.302. The first-order valence-electron chi connectivity index (χ1n) is 3.32. The second-order valence-electron chi connectivity index (χ2n) is 1.86. The Balaban J connectivity index is 4.50. The number of allylic oxidation sites excluding steroid dienone is 3. The summed E-state index contributed by atoms with van der Waals surface area (Å²) < 4.78 is 5.03. The molecule has 0 fully saturated rings. The van der Waals surface area contributed by atoms with E-state index in [0.717, 1.165) is 17.8 Å². The molecule has 0 aromatic rings. The first-order valence-corrected chi connectivity index (χ1v) is 3.32. The summed E-state index contributed by atoms with van der Waals surface area (Å²) >= 11 is 0. The highest BCUT2D eigenvalue weighted by atomic mass is 16.5. The van der Waals surface area contributed by atoms with Gasteiger partial charge in [-0.2, -0.15) is 0 Å². The summed E-state index contributed by atoms with van der Waals surface area (Å²) in [5, 5.41) is 0. The second-order valence-corrected chi connectivity index (χ2v) is 1.86. The van der Waals surface area contributed by atoms with Crippen molar-refractivity contribution in [2.75, 3.05) is 7.11 Å². The van der Waals surface area contributed by atoms with Crippen LogP contribution in [-0.4, -0.2) is 7.11 Å². The minimum absolute atomic E-state index is 0.817. The molecule has 0 bridgehead atoms. The van der Waals surface area contributed by atoms with Crippen LogP contribution in [0.5, 0.6) is 0 Å². The van der Waals surface area contributed by atoms with Crippen LogP contribution < -0.4 is 0 Å². The summed E-state index contributed by atoms with van der Waals surface area (Å²) in [6.07, 6.45) is 4.42. The van der Waals surface area contributed by atoms with Gasteiger partial charge in [0.1, 0.15) is 5.76 Å². The van der Waals surface area contributed by atoms with Crippen LogP contribution in [0, 0.1) is 0 Å². The predicted octanol–water partition coefficient (Wildman–Crippen LogP) is 2.67. The maximum atomic E-state index is 5.03. The molecule has 0 amide bonds. The average Bonchev–Trinajstić information content (AvgIpc) is 2.00. The maximum Gasteiger partial charge on any atom is 0.121 e. The minimum atomic E-state index is 0.817. The summed E-state index contributed by atoms with van der Waals surface area (Å²) in [6.45, 7) is 9.34. The molecule has 0 spiro atoms. The van der Waals surface area contributed by atoms with Crippen LogP contribution in [0.4, 0.5) is 0 Å². The zero-order valence-electron chi connectivity index (χ0n) is 6.68. The molecule has 0 unspecified atom stereocenters. The highest BCUT2D eigenvalue weighted by Crippen LogP contribution is 2.10. The number of methoxy groups -OCH3 is 1. The third kappa shape index (κ3) is 2.09. The molecule has 0 aliphatic rings. The fraction of sp³-hybridized carbons (Fsp3) is 0.333. The van der Waals surface area contributed by atoms with Crippen LogP contribution in [0.2, 0.25) is 0 Å². The SMILES string of the molecule is C=C/C(CC)=C(\C=C)OC. The van der Waals surface area contributed by atoms with E-state index in [9.17, 15) is 0 Å². The molecule has 0 aromatic carbocycles. The molecule has 1 heteroatoms. The molecule has 56 valence electrons. The molecule has 0 saturated heterocycles. The van der Waals surface area contributed by atoms with Crippen molar-refractivity contribution >= 4 is 0 Å². The van der Waals surface area contributed by atoms with Crippen LogP contribution in [0.25, 0.3) is 0 Å². The number of ether oxygens (including phenoxy) is 1. The Bertz CT molecular complexity index is 136. The standard InChI is InChI=1S/C9H14O/c1-5-8(6-2)9(7-3)10-4/h5,7H,1,3,6H2,2,4H3/b9-8-. The highest BCUT2D eigenvalue weighted by Gasteiger charge is 1.95. The van der Waals surface area contributed by atoms with Gasteiger partial charge in [0.2, 0.25) is 0 Å². The van der Waals surface area contributed by atoms with Crippen molar-refractivity contribution in [3.63, 3.8) is 0 Å². The lowest BCUT2D eigenvalue weighted by Gasteiger charge is -2.03. The molecule has 1 nitrogen and oxygen atoms in total. The summed E-state index contributed by atoms with van der Waals surface area (Å²) in [5.74, 6) is 0.817. The summed E-state index contributed by atoms with van der Waals surface area (Å²) in [7, 11) is 1.64. The van der Waals surface area contributed by atoms with Gasteiger partial charge in [0, 0.05) is 0 Å². The Hall–Kier alpha value is -0.980. The molecule has 0 radical (unpaired) electrons. The van der Waals surface area contributed by atoms with E-state index in [1.165, 1.54) is 0 Å². The zero-order valence-corrected chi connectivity index (χ0v) is 6.68. The van der Waals surface area contributed by atoms with E-state index >= 15 is 0 Å². The molecule has 0 atom stereocenters. The largest absolute Gasteiger partial charge is 0.497 e. The molecular weight excluding hydrogens is 124 g/mol. The third-order valence-electron chi connectivity index (χ3n) is 1.35. The second kappa shape index (κ2) is 4.86. The Morgan fingerprint density at radius 3 is 2.10 bits per heavy atom. The summed E-state index contributed by atoms with van der Waals surface area (Å²) in [4.78, 5) is 0. The van der Waals surface area contributed by atoms with Gasteiger partial charge in [0.25, 0.3) is 0 Å². The predicted molar refractivity (Wildman–Crippen MR) is 44.7 cm³/mol. The van der Waals surface area contributed by atoms with E-state index in [4.69, 9.17) is 4.74 Å². The maximum absolute atomic E-state index is 5.03. The van der Waals surface area contributed by atoms with Crippen LogP contribution in [0.15, 0.2) is 36.6 Å². The van der Waals surface area contributed by atoms with Gasteiger partial charge in [-0.05, 0) is 18.1 Å². The fourth-order valence-corrected chi connectivity index (χ4v) is 0.765. The van der Waals surface area contributed by atoms with E-state index in [1.54, 1.807) is 19.3 Å². The molecule has 10 heavy (non-hydrogen) atoms. The monoisotopic (exact) mass is 138 g/mol. The molecule has 0 saturated carbocycles. The third-order valence-corrected chi connectivity index (χ3v) is 1.35. The molecule has 0 aliphatic heterocycles. The minimum Gasteiger partial charge on any atom is -0.497 e. The molecule has 0 aromatic heterocycles. The van der Waals surface area contributed by atoms with E-state index in [-0.39, 0.29) is 0 Å². The van der Waals surface area contributed by atoms with Gasteiger partial charge in [0.15, 0.2) is 0 Å². The first-order chi connectivity index (χ1) is 4.79. The van der Waals surface area contributed by atoms with Crippen LogP contribution >= 0.6 is 0 Å². The van der Waals surface area contributed by atoms with E-state index in [1.807, 2.05) is 0 Å². The van der Waals surface area contributed by atoms with E-state index in [0.29, 0.717) is 0 Å². The van der Waals surface area contributed by atoms with Gasteiger partial charge in [-0.1, -0.05) is 26.2 Å². The topological polar surface area (TPSA) is 9.23 Å². The van der Waals surface area contributed by atoms with Gasteiger partial charge in [-0.3, -0.25) is 0 Å². The van der Waals surface area contributed by atoms with Crippen molar-refractivity contribution < 1.29 is 4.74 Å². The van der Waals surface area contributed by atoms with Gasteiger partial charge in [-0.15, -0.1) is 0 Å². The lowest BCUT2D eigenvalue weighted by Crippen LogP contribution is -1.87. The van der Waals surface area contributed by atoms with Crippen LogP contribution in [0.3, 0.4) is 0 Å². The number of hydrogen-bond acceptors (Lipinski definition) is 1. The Labute approximate surface area is 62.7 Å². The number of rotatable bonds is 4. The molecule has 0 rings (SSSR count). The lowest BCUT2D eigenvalue weighted by atomic mass is 10.2. The molecule has 0 heterocycles. The quantitative estimate of drug-likeness (QED) is 0.428. The van der Waals surface area contributed by atoms with Gasteiger partial charge >= 0.3 is 0 Å². The van der Waals surface area contributed by atoms with Crippen LogP contribution in [-0.2, 0) is 4.74 Å². The summed E-state index contributed by atoms with van der Waals surface area (Å²) in [5.41, 5.74) is 1.09. The van der Waals surface area contributed by atoms with Crippen molar-refractivity contribution in [1.29, 1.82) is 0 Å². The smallest absolute Gasteiger partial charge is 0.121 e. The number of hydrogen-bond donors (Lipinski definition) is 0. The Kier molecular flexibility index (Phi) is 4.38. The van der Waals surface area contributed by atoms with Crippen molar-refractivity contribution in [3.8, 4) is 0 Å². The van der Waals surface area contributed by atoms with Gasteiger partial charge in [0.05, 0.1) is 7.11 Å². The Morgan fingerprint density at radius 1 is 1.40 bits per heavy atom. The van der Waals surface area contributed by atoms with Crippen molar-refractivity contribution in [1.82, 2.24) is 0 Å². The molecule has 0 N–H and O–H groups in total. The van der Waals surface area contributed by atoms with Crippen molar-refractivity contribution in [2.24, 2.45) is 0 Å². The molecule has 0 aliphatic carbocycles. The molecular formula is C9H14O. The first kappa shape index (κ1) is 9.02. The van der Waals surface area contributed by atoms with E-state index < -0.39 is 0 Å². The summed E-state index contributed by atoms with van der Waals surface area (Å²) in [6, 6.07) is 0. The highest BCUT2D eigenvalue weighted by molar-refractivity contribution is 5.26. The zero-order chi connectivity index (χ0) is 7.98. The normalized spacial score (nSPS) is 11.8.